The highest BCUT2D eigenvalue weighted by molar-refractivity contribution is 6.23. The molecular formula is C7H8BNO2. The Morgan fingerprint density at radius 1 is 1.73 bits per heavy atom. The predicted molar refractivity (Wildman–Crippen MR) is 44.8 cm³/mol. The first kappa shape index (κ1) is 9.68. The molecule has 0 aromatic heterocycles. The molecule has 2 radical (unpaired) electrons. The van der Waals surface area contributed by atoms with Crippen molar-refractivity contribution in [1.29, 1.82) is 0 Å². The topological polar surface area (TPSA) is 43.1 Å². The minimum Gasteiger partial charge on any atom is -0.258 e. The van der Waals surface area contributed by atoms with Crippen LogP contribution in [0.15, 0.2) is 36.0 Å². The van der Waals surface area contributed by atoms with E-state index in [1.165, 1.54) is 6.08 Å². The normalized spacial score (nSPS) is 12.8. The molecule has 56 valence electrons. The van der Waals surface area contributed by atoms with Crippen molar-refractivity contribution in [1.82, 2.24) is 0 Å². The summed E-state index contributed by atoms with van der Waals surface area (Å²) in [5, 5.41) is 10.2. The van der Waals surface area contributed by atoms with Gasteiger partial charge in [0.15, 0.2) is 0 Å². The van der Waals surface area contributed by atoms with Crippen LogP contribution in [0.2, 0.25) is 0 Å². The molecule has 0 atom stereocenters. The maximum Gasteiger partial charge on any atom is 0.261 e. The third kappa shape index (κ3) is 2.84. The van der Waals surface area contributed by atoms with Crippen LogP contribution in [-0.2, 0) is 0 Å². The second-order valence-corrected chi connectivity index (χ2v) is 1.80. The number of allylic oxidation sites excluding steroid dienone is 4. The van der Waals surface area contributed by atoms with Crippen molar-refractivity contribution in [2.24, 2.45) is 0 Å². The van der Waals surface area contributed by atoms with Gasteiger partial charge in [0.05, 0.1) is 4.92 Å². The van der Waals surface area contributed by atoms with Crippen LogP contribution in [0.25, 0.3) is 0 Å². The minimum absolute atomic E-state index is 0.118. The second kappa shape index (κ2) is 4.49. The molecule has 0 aliphatic carbocycles. The summed E-state index contributed by atoms with van der Waals surface area (Å²) in [6.45, 7) is 5.00. The first-order valence-corrected chi connectivity index (χ1v) is 3.02. The van der Waals surface area contributed by atoms with Gasteiger partial charge in [0.1, 0.15) is 7.85 Å². The lowest BCUT2D eigenvalue weighted by atomic mass is 9.93. The Kier molecular flexibility index (Phi) is 3.96. The molecule has 3 nitrogen and oxygen atoms in total. The highest BCUT2D eigenvalue weighted by Crippen LogP contribution is 2.03. The van der Waals surface area contributed by atoms with Crippen molar-refractivity contribution >= 4 is 7.85 Å². The molecule has 11 heavy (non-hydrogen) atoms. The van der Waals surface area contributed by atoms with Crippen LogP contribution in [0.5, 0.6) is 0 Å². The Hall–Kier alpha value is -1.32. The zero-order valence-corrected chi connectivity index (χ0v) is 6.28. The summed E-state index contributed by atoms with van der Waals surface area (Å²) in [7, 11) is 5.32. The molecule has 0 aromatic carbocycles. The van der Waals surface area contributed by atoms with E-state index in [1.54, 1.807) is 13.0 Å². The van der Waals surface area contributed by atoms with Crippen molar-refractivity contribution in [3.63, 3.8) is 0 Å². The Morgan fingerprint density at radius 2 is 2.27 bits per heavy atom. The van der Waals surface area contributed by atoms with Gasteiger partial charge in [-0.2, -0.15) is 0 Å². The lowest BCUT2D eigenvalue weighted by molar-refractivity contribution is -0.419. The highest BCUT2D eigenvalue weighted by atomic mass is 16.6. The number of nitro groups is 1. The van der Waals surface area contributed by atoms with E-state index in [1.807, 2.05) is 0 Å². The van der Waals surface area contributed by atoms with Crippen LogP contribution in [0.4, 0.5) is 0 Å². The zero-order chi connectivity index (χ0) is 8.85. The third-order valence-electron chi connectivity index (χ3n) is 1.03. The van der Waals surface area contributed by atoms with E-state index in [-0.39, 0.29) is 11.2 Å². The van der Waals surface area contributed by atoms with Gasteiger partial charge in [-0.05, 0) is 12.4 Å². The molecule has 0 aliphatic heterocycles. The molecule has 4 heteroatoms. The average molecular weight is 149 g/mol. The molecular weight excluding hydrogens is 141 g/mol. The summed E-state index contributed by atoms with van der Waals surface area (Å²) in [5.41, 5.74) is -0.0457. The second-order valence-electron chi connectivity index (χ2n) is 1.80. The molecule has 0 spiro atoms. The van der Waals surface area contributed by atoms with Crippen LogP contribution in [0, 0.1) is 10.1 Å². The standard InChI is InChI=1S/C7H8BNO2/c1-3-5-6(8)7(4-2)9(10)11/h3-5H,2H2,1H3/b5-3-,7-6-. The van der Waals surface area contributed by atoms with Crippen LogP contribution in [0.1, 0.15) is 6.92 Å². The van der Waals surface area contributed by atoms with Crippen molar-refractivity contribution in [3.05, 3.63) is 46.1 Å². The van der Waals surface area contributed by atoms with Gasteiger partial charge < -0.3 is 0 Å². The Labute approximate surface area is 66.7 Å². The molecule has 0 saturated carbocycles. The predicted octanol–water partition coefficient (Wildman–Crippen LogP) is 1.41. The fourth-order valence-corrected chi connectivity index (χ4v) is 0.563. The van der Waals surface area contributed by atoms with Gasteiger partial charge in [0.25, 0.3) is 5.70 Å². The van der Waals surface area contributed by atoms with Gasteiger partial charge in [-0.3, -0.25) is 10.1 Å². The zero-order valence-electron chi connectivity index (χ0n) is 6.28. The van der Waals surface area contributed by atoms with Crippen molar-refractivity contribution in [2.75, 3.05) is 0 Å². The van der Waals surface area contributed by atoms with Gasteiger partial charge >= 0.3 is 0 Å². The first-order valence-electron chi connectivity index (χ1n) is 3.02. The van der Waals surface area contributed by atoms with Crippen molar-refractivity contribution in [3.8, 4) is 0 Å². The number of hydrogen-bond donors (Lipinski definition) is 0. The summed E-state index contributed by atoms with van der Waals surface area (Å²) in [6.07, 6.45) is 4.21. The first-order chi connectivity index (χ1) is 5.13. The van der Waals surface area contributed by atoms with E-state index in [0.717, 1.165) is 6.08 Å². The third-order valence-corrected chi connectivity index (χ3v) is 1.03. The number of nitrogens with zero attached hydrogens (tertiary/aromatic N) is 1. The van der Waals surface area contributed by atoms with Gasteiger partial charge in [-0.15, -0.1) is 0 Å². The minimum atomic E-state index is -0.567. The van der Waals surface area contributed by atoms with Gasteiger partial charge in [-0.1, -0.05) is 18.7 Å². The van der Waals surface area contributed by atoms with E-state index >= 15 is 0 Å². The lowest BCUT2D eigenvalue weighted by Gasteiger charge is -1.93. The summed E-state index contributed by atoms with van der Waals surface area (Å²) < 4.78 is 0. The molecule has 0 amide bonds. The summed E-state index contributed by atoms with van der Waals surface area (Å²) in [6, 6.07) is 0. The Morgan fingerprint density at radius 3 is 2.55 bits per heavy atom. The molecule has 0 aromatic rings. The lowest BCUT2D eigenvalue weighted by Crippen LogP contribution is -1.99. The Bertz CT molecular complexity index is 231. The number of hydrogen-bond acceptors (Lipinski definition) is 2. The maximum atomic E-state index is 10.2. The fraction of sp³-hybridized carbons (Fsp3) is 0.143. The average Bonchev–Trinajstić information content (AvgIpc) is 1.88. The molecule has 0 saturated heterocycles. The van der Waals surface area contributed by atoms with E-state index in [4.69, 9.17) is 7.85 Å². The quantitative estimate of drug-likeness (QED) is 0.263. The van der Waals surface area contributed by atoms with E-state index in [9.17, 15) is 10.1 Å². The molecule has 0 heterocycles. The molecule has 0 fully saturated rings. The summed E-state index contributed by atoms with van der Waals surface area (Å²) in [5.74, 6) is 0. The van der Waals surface area contributed by atoms with Crippen molar-refractivity contribution < 1.29 is 4.92 Å². The van der Waals surface area contributed by atoms with E-state index in [0.29, 0.717) is 0 Å². The monoisotopic (exact) mass is 149 g/mol. The van der Waals surface area contributed by atoms with Gasteiger partial charge in [-0.25, -0.2) is 0 Å². The molecule has 0 N–H and O–H groups in total. The maximum absolute atomic E-state index is 10.2. The van der Waals surface area contributed by atoms with Crippen molar-refractivity contribution in [2.45, 2.75) is 6.92 Å². The number of rotatable bonds is 3. The van der Waals surface area contributed by atoms with Crippen LogP contribution in [0.3, 0.4) is 0 Å². The highest BCUT2D eigenvalue weighted by Gasteiger charge is 2.06. The molecule has 0 aliphatic rings. The largest absolute Gasteiger partial charge is 0.261 e. The molecule has 0 bridgehead atoms. The molecule has 0 unspecified atom stereocenters. The van der Waals surface area contributed by atoms with Crippen LogP contribution >= 0.6 is 0 Å². The van der Waals surface area contributed by atoms with Crippen LogP contribution < -0.4 is 0 Å². The Balaban J connectivity index is 4.82. The van der Waals surface area contributed by atoms with E-state index in [2.05, 4.69) is 6.58 Å². The fourth-order valence-electron chi connectivity index (χ4n) is 0.563. The summed E-state index contributed by atoms with van der Waals surface area (Å²) in [4.78, 5) is 9.64. The van der Waals surface area contributed by atoms with E-state index < -0.39 is 4.92 Å². The summed E-state index contributed by atoms with van der Waals surface area (Å²) >= 11 is 0. The molecule has 0 rings (SSSR count). The smallest absolute Gasteiger partial charge is 0.258 e. The SMILES string of the molecule is [B]C(/C=C\C)=C(/C=C)[N+](=O)[O-]. The van der Waals surface area contributed by atoms with Gasteiger partial charge in [0, 0.05) is 6.08 Å². The van der Waals surface area contributed by atoms with Gasteiger partial charge in [0.2, 0.25) is 0 Å². The van der Waals surface area contributed by atoms with Crippen LogP contribution in [-0.4, -0.2) is 12.8 Å².